The van der Waals surface area contributed by atoms with Gasteiger partial charge in [-0.3, -0.25) is 4.79 Å². The van der Waals surface area contributed by atoms with E-state index in [2.05, 4.69) is 15.3 Å². The highest BCUT2D eigenvalue weighted by Crippen LogP contribution is 2.33. The molecule has 0 radical (unpaired) electrons. The molecule has 1 amide bonds. The maximum absolute atomic E-state index is 11.7. The van der Waals surface area contributed by atoms with Gasteiger partial charge in [0.2, 0.25) is 5.91 Å². The largest absolute Gasteiger partial charge is 0.379 e. The molecule has 2 heterocycles. The fraction of sp³-hybridized carbons (Fsp3) is 0.130. The Kier molecular flexibility index (Phi) is 5.55. The lowest BCUT2D eigenvalue weighted by atomic mass is 9.85. The minimum absolute atomic E-state index is 0.0126. The van der Waals surface area contributed by atoms with E-state index in [0.29, 0.717) is 16.1 Å². The van der Waals surface area contributed by atoms with E-state index in [-0.39, 0.29) is 19.0 Å². The molecule has 4 rings (SSSR count). The highest BCUT2D eigenvalue weighted by molar-refractivity contribution is 6.30. The Labute approximate surface area is 178 Å². The van der Waals surface area contributed by atoms with Crippen LogP contribution in [-0.4, -0.2) is 34.1 Å². The summed E-state index contributed by atoms with van der Waals surface area (Å²) in [6.45, 7) is -0.161. The summed E-state index contributed by atoms with van der Waals surface area (Å²) < 4.78 is 0. The van der Waals surface area contributed by atoms with Crippen LogP contribution in [0.5, 0.6) is 0 Å². The second kappa shape index (κ2) is 8.28. The summed E-state index contributed by atoms with van der Waals surface area (Å²) in [4.78, 5) is 19.2. The number of rotatable bonds is 6. The molecule has 1 unspecified atom stereocenters. The molecule has 4 aromatic rings. The summed E-state index contributed by atoms with van der Waals surface area (Å²) in [6, 6.07) is 18.5. The predicted octanol–water partition coefficient (Wildman–Crippen LogP) is 3.19. The van der Waals surface area contributed by atoms with E-state index in [4.69, 9.17) is 17.3 Å². The van der Waals surface area contributed by atoms with Crippen molar-refractivity contribution < 1.29 is 9.90 Å². The molecular formula is C23H21ClN4O2. The molecule has 152 valence electrons. The molecule has 7 heteroatoms. The molecule has 0 aliphatic rings. The first-order chi connectivity index (χ1) is 14.5. The fourth-order valence-corrected chi connectivity index (χ4v) is 3.66. The summed E-state index contributed by atoms with van der Waals surface area (Å²) in [7, 11) is 0. The molecule has 0 fully saturated rings. The Bertz CT molecular complexity index is 1170. The average Bonchev–Trinajstić information content (AvgIpc) is 3.27. The average molecular weight is 421 g/mol. The minimum Gasteiger partial charge on any atom is -0.379 e. The van der Waals surface area contributed by atoms with Gasteiger partial charge in [0.1, 0.15) is 11.2 Å². The van der Waals surface area contributed by atoms with Crippen LogP contribution < -0.4 is 11.1 Å². The molecular weight excluding hydrogens is 400 g/mol. The lowest BCUT2D eigenvalue weighted by molar-refractivity contribution is -0.120. The normalized spacial score (nSPS) is 13.2. The van der Waals surface area contributed by atoms with Gasteiger partial charge in [-0.15, -0.1) is 0 Å². The molecule has 5 N–H and O–H groups in total. The molecule has 0 saturated carbocycles. The van der Waals surface area contributed by atoms with Crippen molar-refractivity contribution in [3.8, 4) is 11.1 Å². The Hall–Kier alpha value is -3.19. The topological polar surface area (TPSA) is 104 Å². The van der Waals surface area contributed by atoms with Crippen LogP contribution in [0.1, 0.15) is 11.1 Å². The molecule has 0 saturated heterocycles. The zero-order chi connectivity index (χ0) is 21.1. The maximum Gasteiger partial charge on any atom is 0.233 e. The molecule has 30 heavy (non-hydrogen) atoms. The molecule has 2 aromatic carbocycles. The van der Waals surface area contributed by atoms with Gasteiger partial charge in [-0.2, -0.15) is 0 Å². The quantitative estimate of drug-likeness (QED) is 0.384. The molecule has 0 spiro atoms. The van der Waals surface area contributed by atoms with Gasteiger partial charge in [-0.1, -0.05) is 48.0 Å². The van der Waals surface area contributed by atoms with Crippen molar-refractivity contribution in [3.05, 3.63) is 89.2 Å². The Morgan fingerprint density at radius 1 is 1.07 bits per heavy atom. The SMILES string of the molecule is NCC(=O)NCC(O)(c1ccc(Cl)cc1)c1ccc(-c2ccnc3[nH]ccc23)cc1. The fourth-order valence-electron chi connectivity index (χ4n) is 3.53. The monoisotopic (exact) mass is 420 g/mol. The zero-order valence-electron chi connectivity index (χ0n) is 16.1. The number of nitrogens with two attached hydrogens (primary N) is 1. The molecule has 0 bridgehead atoms. The van der Waals surface area contributed by atoms with Crippen molar-refractivity contribution in [2.75, 3.05) is 13.1 Å². The number of carbonyl (C=O) groups is 1. The van der Waals surface area contributed by atoms with Crippen molar-refractivity contribution >= 4 is 28.5 Å². The number of benzene rings is 2. The van der Waals surface area contributed by atoms with Crippen LogP contribution in [0, 0.1) is 0 Å². The molecule has 2 aromatic heterocycles. The van der Waals surface area contributed by atoms with Gasteiger partial charge >= 0.3 is 0 Å². The summed E-state index contributed by atoms with van der Waals surface area (Å²) in [5, 5.41) is 15.9. The van der Waals surface area contributed by atoms with Crippen LogP contribution in [0.3, 0.4) is 0 Å². The van der Waals surface area contributed by atoms with E-state index in [9.17, 15) is 9.90 Å². The van der Waals surface area contributed by atoms with Gasteiger partial charge in [0.05, 0.1) is 13.1 Å². The number of hydrogen-bond acceptors (Lipinski definition) is 4. The molecule has 0 aliphatic heterocycles. The number of halogens is 1. The van der Waals surface area contributed by atoms with E-state index in [1.807, 2.05) is 42.6 Å². The van der Waals surface area contributed by atoms with E-state index < -0.39 is 5.60 Å². The first-order valence-corrected chi connectivity index (χ1v) is 9.87. The lowest BCUT2D eigenvalue weighted by Gasteiger charge is -2.30. The number of aromatic amines is 1. The van der Waals surface area contributed by atoms with Crippen LogP contribution in [-0.2, 0) is 10.4 Å². The highest BCUT2D eigenvalue weighted by Gasteiger charge is 2.32. The molecule has 6 nitrogen and oxygen atoms in total. The second-order valence-electron chi connectivity index (χ2n) is 7.02. The standard InChI is InChI=1S/C23H21ClN4O2/c24-18-7-5-17(6-8-18)23(30,14-28-21(29)13-25)16-3-1-15(2-4-16)19-9-11-26-22-20(19)10-12-27-22/h1-12,30H,13-14,25H2,(H,26,27)(H,28,29). The number of aliphatic hydroxyl groups is 1. The van der Waals surface area contributed by atoms with Crippen molar-refractivity contribution in [2.45, 2.75) is 5.60 Å². The van der Waals surface area contributed by atoms with Crippen molar-refractivity contribution in [2.24, 2.45) is 5.73 Å². The molecule has 1 atom stereocenters. The number of H-pyrrole nitrogens is 1. The van der Waals surface area contributed by atoms with E-state index >= 15 is 0 Å². The third-order valence-corrected chi connectivity index (χ3v) is 5.43. The van der Waals surface area contributed by atoms with Crippen molar-refractivity contribution in [1.82, 2.24) is 15.3 Å². The Balaban J connectivity index is 1.72. The zero-order valence-corrected chi connectivity index (χ0v) is 16.9. The van der Waals surface area contributed by atoms with Crippen LogP contribution >= 0.6 is 11.6 Å². The number of fused-ring (bicyclic) bond motifs is 1. The Morgan fingerprint density at radius 2 is 1.73 bits per heavy atom. The van der Waals surface area contributed by atoms with Crippen LogP contribution in [0.2, 0.25) is 5.02 Å². The van der Waals surface area contributed by atoms with Crippen LogP contribution in [0.25, 0.3) is 22.2 Å². The predicted molar refractivity (Wildman–Crippen MR) is 118 cm³/mol. The van der Waals surface area contributed by atoms with Gasteiger partial charge in [0.15, 0.2) is 0 Å². The smallest absolute Gasteiger partial charge is 0.233 e. The minimum atomic E-state index is -1.43. The van der Waals surface area contributed by atoms with Crippen molar-refractivity contribution in [3.63, 3.8) is 0 Å². The summed E-state index contributed by atoms with van der Waals surface area (Å²) in [6.07, 6.45) is 3.61. The van der Waals surface area contributed by atoms with Gasteiger partial charge in [0.25, 0.3) is 0 Å². The van der Waals surface area contributed by atoms with Gasteiger partial charge in [0, 0.05) is 22.8 Å². The number of nitrogens with one attached hydrogen (secondary N) is 2. The number of amides is 1. The molecule has 0 aliphatic carbocycles. The number of hydrogen-bond donors (Lipinski definition) is 4. The Morgan fingerprint density at radius 3 is 2.40 bits per heavy atom. The van der Waals surface area contributed by atoms with Gasteiger partial charge < -0.3 is 21.1 Å². The van der Waals surface area contributed by atoms with Crippen molar-refractivity contribution in [1.29, 1.82) is 0 Å². The van der Waals surface area contributed by atoms with E-state index in [1.165, 1.54) is 0 Å². The first kappa shape index (κ1) is 20.1. The lowest BCUT2D eigenvalue weighted by Crippen LogP contribution is -2.43. The number of aromatic nitrogens is 2. The third kappa shape index (κ3) is 3.80. The highest BCUT2D eigenvalue weighted by atomic mass is 35.5. The first-order valence-electron chi connectivity index (χ1n) is 9.49. The number of pyridine rings is 1. The van der Waals surface area contributed by atoms with Crippen LogP contribution in [0.15, 0.2) is 73.1 Å². The number of nitrogens with zero attached hydrogens (tertiary/aromatic N) is 1. The van der Waals surface area contributed by atoms with Crippen LogP contribution in [0.4, 0.5) is 0 Å². The van der Waals surface area contributed by atoms with Gasteiger partial charge in [-0.25, -0.2) is 4.98 Å². The summed E-state index contributed by atoms with van der Waals surface area (Å²) in [5.41, 5.74) is 8.08. The maximum atomic E-state index is 11.7. The third-order valence-electron chi connectivity index (χ3n) is 5.18. The summed E-state index contributed by atoms with van der Waals surface area (Å²) >= 11 is 6.01. The second-order valence-corrected chi connectivity index (χ2v) is 7.46. The van der Waals surface area contributed by atoms with Gasteiger partial charge in [-0.05, 0) is 46.5 Å². The summed E-state index contributed by atoms with van der Waals surface area (Å²) in [5.74, 6) is -0.342. The number of carbonyl (C=O) groups excluding carboxylic acids is 1. The van der Waals surface area contributed by atoms with E-state index in [0.717, 1.165) is 22.2 Å². The van der Waals surface area contributed by atoms with E-state index in [1.54, 1.807) is 30.5 Å².